The molecule has 234 valence electrons. The Balaban J connectivity index is 1.16. The second-order valence-corrected chi connectivity index (χ2v) is 13.6. The summed E-state index contributed by atoms with van der Waals surface area (Å²) < 4.78 is 1.61. The normalized spacial score (nSPS) is 17.0. The first-order valence-electron chi connectivity index (χ1n) is 16.2. The number of anilines is 2. The summed E-state index contributed by atoms with van der Waals surface area (Å²) in [6.07, 6.45) is 9.54. The number of piperazine rings is 1. The zero-order valence-corrected chi connectivity index (χ0v) is 27.0. The van der Waals surface area contributed by atoms with Gasteiger partial charge in [0, 0.05) is 74.1 Å². The number of aromatic nitrogens is 2. The topological polar surface area (TPSA) is 81.9 Å². The fourth-order valence-corrected chi connectivity index (χ4v) is 8.68. The highest BCUT2D eigenvalue weighted by Gasteiger charge is 2.33. The fraction of sp³-hybridized carbons (Fsp3) is 0.417. The molecule has 0 bridgehead atoms. The number of aliphatic hydroxyl groups excluding tert-OH is 1. The molecule has 1 aliphatic carbocycles. The molecule has 9 heteroatoms. The molecular weight excluding hydrogens is 582 g/mol. The molecule has 3 aromatic heterocycles. The van der Waals surface area contributed by atoms with Gasteiger partial charge in [-0.05, 0) is 85.2 Å². The summed E-state index contributed by atoms with van der Waals surface area (Å²) in [6, 6.07) is 11.9. The molecule has 1 saturated heterocycles. The maximum absolute atomic E-state index is 13.9. The number of aliphatic hydroxyl groups is 1. The number of amides is 1. The smallest absolute Gasteiger partial charge is 0.268 e. The summed E-state index contributed by atoms with van der Waals surface area (Å²) in [7, 11) is 1.76. The zero-order valence-electron chi connectivity index (χ0n) is 26.2. The van der Waals surface area contributed by atoms with Crippen LogP contribution >= 0.6 is 11.3 Å². The number of hydrogen-bond donors (Lipinski definition) is 1. The lowest BCUT2D eigenvalue weighted by molar-refractivity contribution is 0.0984. The number of pyridine rings is 2. The minimum Gasteiger partial charge on any atom is -0.392 e. The number of nitrogens with zero attached hydrogens (tertiary/aromatic N) is 5. The number of benzene rings is 1. The summed E-state index contributed by atoms with van der Waals surface area (Å²) in [5.74, 6) is 0.0328. The molecule has 3 aliphatic rings. The first-order chi connectivity index (χ1) is 21.9. The molecule has 0 saturated carbocycles. The highest BCUT2D eigenvalue weighted by atomic mass is 32.1. The lowest BCUT2D eigenvalue weighted by Gasteiger charge is -2.35. The highest BCUT2D eigenvalue weighted by molar-refractivity contribution is 7.14. The minimum absolute atomic E-state index is 0.0328. The van der Waals surface area contributed by atoms with Gasteiger partial charge in [0.1, 0.15) is 0 Å². The summed E-state index contributed by atoms with van der Waals surface area (Å²) in [4.78, 5) is 40.8. The van der Waals surface area contributed by atoms with E-state index in [2.05, 4.69) is 22.8 Å². The Kier molecular flexibility index (Phi) is 8.33. The van der Waals surface area contributed by atoms with Gasteiger partial charge in [-0.15, -0.1) is 11.3 Å². The van der Waals surface area contributed by atoms with E-state index in [-0.39, 0.29) is 18.1 Å². The van der Waals surface area contributed by atoms with Gasteiger partial charge in [0.25, 0.3) is 11.5 Å². The average molecular weight is 624 g/mol. The van der Waals surface area contributed by atoms with Crippen LogP contribution in [0.15, 0.2) is 53.6 Å². The number of carbonyl (C=O) groups excluding carboxylic acids is 1. The Hall–Kier alpha value is -3.79. The zero-order chi connectivity index (χ0) is 31.1. The predicted molar refractivity (Wildman–Crippen MR) is 181 cm³/mol. The van der Waals surface area contributed by atoms with Gasteiger partial charge in [0.2, 0.25) is 0 Å². The Bertz CT molecular complexity index is 1790. The summed E-state index contributed by atoms with van der Waals surface area (Å²) in [5, 5.41) is 10.7. The standard InChI is InChI=1S/C36H41N5O3S/c1-3-39-15-17-40(18-16-39)27-12-11-26(37-21-27)20-24-19-25(22-38(2)35(24)43)28-8-6-9-32(31(28)23-42)41-14-13-30-29-7-4-5-10-33(29)45-34(30)36(41)44/h6,8-9,11-12,19,21-22,42H,3-5,7,10,13-18,20,23H2,1-2H3. The summed E-state index contributed by atoms with van der Waals surface area (Å²) in [6.45, 7) is 7.76. The van der Waals surface area contributed by atoms with Crippen LogP contribution in [0.3, 0.4) is 0 Å². The lowest BCUT2D eigenvalue weighted by atomic mass is 9.91. The first kappa shape index (κ1) is 29.9. The van der Waals surface area contributed by atoms with Crippen LogP contribution in [-0.2, 0) is 39.3 Å². The van der Waals surface area contributed by atoms with Crippen LogP contribution in [0, 0.1) is 0 Å². The third kappa shape index (κ3) is 5.62. The third-order valence-electron chi connectivity index (χ3n) is 9.84. The monoisotopic (exact) mass is 623 g/mol. The average Bonchev–Trinajstić information content (AvgIpc) is 3.47. The van der Waals surface area contributed by atoms with Crippen LogP contribution in [-0.4, -0.2) is 64.7 Å². The van der Waals surface area contributed by atoms with Crippen LogP contribution in [0.2, 0.25) is 0 Å². The molecule has 2 aliphatic heterocycles. The van der Waals surface area contributed by atoms with E-state index in [1.807, 2.05) is 47.6 Å². The molecule has 8 nitrogen and oxygen atoms in total. The second kappa shape index (κ2) is 12.5. The Morgan fingerprint density at radius 2 is 1.78 bits per heavy atom. The van der Waals surface area contributed by atoms with Crippen molar-refractivity contribution in [1.29, 1.82) is 0 Å². The summed E-state index contributed by atoms with van der Waals surface area (Å²) >= 11 is 1.67. The van der Waals surface area contributed by atoms with Crippen molar-refractivity contribution < 1.29 is 9.90 Å². The Labute approximate surface area is 268 Å². The third-order valence-corrected chi connectivity index (χ3v) is 11.2. The molecule has 45 heavy (non-hydrogen) atoms. The minimum atomic E-state index is -0.212. The molecule has 1 N–H and O–H groups in total. The Morgan fingerprint density at radius 1 is 0.956 bits per heavy atom. The molecule has 0 atom stereocenters. The number of likely N-dealkylation sites (N-methyl/N-ethyl adjacent to an activating group) is 1. The van der Waals surface area contributed by atoms with Crippen molar-refractivity contribution in [1.82, 2.24) is 14.5 Å². The van der Waals surface area contributed by atoms with Crippen molar-refractivity contribution in [3.63, 3.8) is 0 Å². The highest BCUT2D eigenvalue weighted by Crippen LogP contribution is 2.40. The van der Waals surface area contributed by atoms with Crippen LogP contribution in [0.5, 0.6) is 0 Å². The number of carbonyl (C=O) groups is 1. The maximum atomic E-state index is 13.9. The van der Waals surface area contributed by atoms with E-state index >= 15 is 0 Å². The molecule has 5 heterocycles. The van der Waals surface area contributed by atoms with Gasteiger partial charge in [-0.3, -0.25) is 14.6 Å². The Morgan fingerprint density at radius 3 is 2.53 bits per heavy atom. The number of thiophene rings is 1. The van der Waals surface area contributed by atoms with Gasteiger partial charge in [-0.1, -0.05) is 19.1 Å². The number of hydrogen-bond acceptors (Lipinski definition) is 7. The van der Waals surface area contributed by atoms with E-state index in [1.54, 1.807) is 23.0 Å². The number of aryl methyl sites for hydroxylation is 2. The van der Waals surface area contributed by atoms with Crippen molar-refractivity contribution in [3.8, 4) is 11.1 Å². The van der Waals surface area contributed by atoms with Gasteiger partial charge in [0.05, 0.1) is 29.1 Å². The van der Waals surface area contributed by atoms with Gasteiger partial charge in [-0.2, -0.15) is 0 Å². The number of rotatable bonds is 7. The van der Waals surface area contributed by atoms with Crippen LogP contribution in [0.4, 0.5) is 11.4 Å². The molecular formula is C36H41N5O3S. The van der Waals surface area contributed by atoms with E-state index in [0.717, 1.165) is 85.1 Å². The number of fused-ring (bicyclic) bond motifs is 3. The predicted octanol–water partition coefficient (Wildman–Crippen LogP) is 4.82. The van der Waals surface area contributed by atoms with Crippen molar-refractivity contribution >= 4 is 28.6 Å². The van der Waals surface area contributed by atoms with Gasteiger partial charge in [-0.25, -0.2) is 0 Å². The molecule has 1 fully saturated rings. The van der Waals surface area contributed by atoms with Crippen molar-refractivity contribution in [2.45, 2.75) is 52.1 Å². The van der Waals surface area contributed by atoms with E-state index in [0.29, 0.717) is 24.1 Å². The molecule has 0 spiro atoms. The SMILES string of the molecule is CCN1CCN(c2ccc(Cc3cc(-c4cccc(N5CCc6c(sc7c6CCCC7)C5=O)c4CO)cn(C)c3=O)nc2)CC1. The van der Waals surface area contributed by atoms with Gasteiger partial charge >= 0.3 is 0 Å². The lowest BCUT2D eigenvalue weighted by Crippen LogP contribution is -2.46. The van der Waals surface area contributed by atoms with Crippen LogP contribution in [0.25, 0.3) is 11.1 Å². The maximum Gasteiger partial charge on any atom is 0.268 e. The van der Waals surface area contributed by atoms with Crippen molar-refractivity contribution in [2.75, 3.05) is 49.1 Å². The van der Waals surface area contributed by atoms with Crippen molar-refractivity contribution in [3.05, 3.63) is 96.8 Å². The van der Waals surface area contributed by atoms with Crippen LogP contribution < -0.4 is 15.4 Å². The first-order valence-corrected chi connectivity index (χ1v) is 17.1. The van der Waals surface area contributed by atoms with E-state index in [4.69, 9.17) is 4.98 Å². The molecule has 0 unspecified atom stereocenters. The van der Waals surface area contributed by atoms with Gasteiger partial charge < -0.3 is 24.4 Å². The summed E-state index contributed by atoms with van der Waals surface area (Å²) in [5.41, 5.74) is 8.29. The molecule has 0 radical (unpaired) electrons. The van der Waals surface area contributed by atoms with Crippen LogP contribution in [0.1, 0.15) is 62.3 Å². The van der Waals surface area contributed by atoms with Gasteiger partial charge in [0.15, 0.2) is 0 Å². The molecule has 7 rings (SSSR count). The van der Waals surface area contributed by atoms with Crippen molar-refractivity contribution in [2.24, 2.45) is 7.05 Å². The largest absolute Gasteiger partial charge is 0.392 e. The molecule has 1 amide bonds. The fourth-order valence-electron chi connectivity index (χ4n) is 7.29. The second-order valence-electron chi connectivity index (χ2n) is 12.5. The van der Waals surface area contributed by atoms with E-state index in [1.165, 1.54) is 28.8 Å². The van der Waals surface area contributed by atoms with E-state index in [9.17, 15) is 14.7 Å². The molecule has 4 aromatic rings. The quantitative estimate of drug-likeness (QED) is 0.318. The molecule has 1 aromatic carbocycles. The van der Waals surface area contributed by atoms with E-state index < -0.39 is 0 Å².